The summed E-state index contributed by atoms with van der Waals surface area (Å²) in [5.74, 6) is 0. The summed E-state index contributed by atoms with van der Waals surface area (Å²) in [4.78, 5) is 0. The first-order valence-electron chi connectivity index (χ1n) is 9.72. The fraction of sp³-hybridized carbons (Fsp3) is 0.682. The molecule has 0 bridgehead atoms. The zero-order valence-electron chi connectivity index (χ0n) is 16.3. The van der Waals surface area contributed by atoms with Gasteiger partial charge in [0.1, 0.15) is 6.54 Å². The van der Waals surface area contributed by atoms with Crippen LogP contribution in [0.25, 0.3) is 0 Å². The Morgan fingerprint density at radius 2 is 1.21 bits per heavy atom. The molecule has 0 unspecified atom stereocenters. The summed E-state index contributed by atoms with van der Waals surface area (Å²) in [5.41, 5.74) is 1.46. The maximum Gasteiger partial charge on any atom is 0.104 e. The molecule has 1 aromatic rings. The summed E-state index contributed by atoms with van der Waals surface area (Å²) >= 11 is 0. The van der Waals surface area contributed by atoms with E-state index in [1.54, 1.807) is 0 Å². The fourth-order valence-corrected chi connectivity index (χ4v) is 3.18. The summed E-state index contributed by atoms with van der Waals surface area (Å²) in [5, 5.41) is 6.25. The third-order valence-corrected chi connectivity index (χ3v) is 4.57. The lowest BCUT2D eigenvalue weighted by Crippen LogP contribution is -2.39. The van der Waals surface area contributed by atoms with Crippen LogP contribution in [-0.2, 0) is 6.54 Å². The van der Waals surface area contributed by atoms with E-state index in [1.807, 2.05) is 0 Å². The van der Waals surface area contributed by atoms with Crippen LogP contribution < -0.4 is 0 Å². The highest BCUT2D eigenvalue weighted by atomic mass is 15.3. The molecule has 0 amide bonds. The molecule has 1 aromatic carbocycles. The van der Waals surface area contributed by atoms with E-state index < -0.39 is 0 Å². The van der Waals surface area contributed by atoms with Crippen molar-refractivity contribution in [1.29, 1.82) is 5.26 Å². The molecule has 2 heteroatoms. The molecule has 1 rings (SSSR count). The maximum atomic E-state index is 6.25. The van der Waals surface area contributed by atoms with Crippen LogP contribution in [0, 0.1) is 11.8 Å². The third-order valence-electron chi connectivity index (χ3n) is 4.57. The Hall–Kier alpha value is -1.33. The molecule has 0 radical (unpaired) electrons. The Bertz CT molecular complexity index is 395. The Kier molecular flexibility index (Phi) is 14.4. The lowest BCUT2D eigenvalue weighted by atomic mass is 10.1. The SMILES string of the molecule is CCCCCCCCCCCC[N+](C)(C)Cc1ccccc1.[C-]#N. The molecule has 0 aliphatic carbocycles. The number of rotatable bonds is 13. The number of hydrogen-bond acceptors (Lipinski definition) is 1. The predicted molar refractivity (Wildman–Crippen MR) is 104 cm³/mol. The first-order valence-corrected chi connectivity index (χ1v) is 9.72. The van der Waals surface area contributed by atoms with Crippen molar-refractivity contribution in [2.75, 3.05) is 20.6 Å². The third kappa shape index (κ3) is 13.1. The van der Waals surface area contributed by atoms with Crippen molar-refractivity contribution in [2.24, 2.45) is 0 Å². The molecule has 0 N–H and O–H groups in total. The van der Waals surface area contributed by atoms with Crippen LogP contribution in [0.15, 0.2) is 30.3 Å². The Morgan fingerprint density at radius 3 is 1.71 bits per heavy atom. The van der Waals surface area contributed by atoms with Gasteiger partial charge in [-0.15, -0.1) is 0 Å². The van der Waals surface area contributed by atoms with Gasteiger partial charge in [0.2, 0.25) is 0 Å². The normalized spacial score (nSPS) is 10.9. The Morgan fingerprint density at radius 1 is 0.750 bits per heavy atom. The summed E-state index contributed by atoms with van der Waals surface area (Å²) in [7, 11) is 4.72. The molecule has 2 nitrogen and oxygen atoms in total. The van der Waals surface area contributed by atoms with E-state index in [9.17, 15) is 0 Å². The fourth-order valence-electron chi connectivity index (χ4n) is 3.18. The molecule has 136 valence electrons. The molecule has 0 saturated heterocycles. The number of quaternary nitrogens is 1. The lowest BCUT2D eigenvalue weighted by Gasteiger charge is -2.30. The molecule has 0 fully saturated rings. The van der Waals surface area contributed by atoms with Gasteiger partial charge in [-0.3, -0.25) is 0 Å². The zero-order valence-corrected chi connectivity index (χ0v) is 16.3. The number of unbranched alkanes of at least 4 members (excludes halogenated alkanes) is 9. The van der Waals surface area contributed by atoms with Crippen molar-refractivity contribution in [3.8, 4) is 0 Å². The van der Waals surface area contributed by atoms with Crippen molar-refractivity contribution in [2.45, 2.75) is 77.7 Å². The van der Waals surface area contributed by atoms with E-state index in [2.05, 4.69) is 51.4 Å². The molecule has 24 heavy (non-hydrogen) atoms. The number of nitrogens with zero attached hydrogens (tertiary/aromatic N) is 2. The van der Waals surface area contributed by atoms with Gasteiger partial charge in [0.05, 0.1) is 20.6 Å². The van der Waals surface area contributed by atoms with Gasteiger partial charge < -0.3 is 16.3 Å². The average Bonchev–Trinajstić information content (AvgIpc) is 2.59. The summed E-state index contributed by atoms with van der Waals surface area (Å²) in [6.45, 7) is 9.49. The van der Waals surface area contributed by atoms with Crippen molar-refractivity contribution in [3.05, 3.63) is 42.5 Å². The highest BCUT2D eigenvalue weighted by Crippen LogP contribution is 2.13. The molecule has 0 aliphatic heterocycles. The molecule has 0 atom stereocenters. The molecule has 0 saturated carbocycles. The topological polar surface area (TPSA) is 23.8 Å². The molecule has 0 heterocycles. The smallest absolute Gasteiger partial charge is 0.104 e. The standard InChI is InChI=1S/C21H38N.CN/c1-4-5-6-7-8-9-10-11-12-16-19-22(2,3)20-21-17-14-13-15-18-21;1-2/h13-15,17-18H,4-12,16,19-20H2,1-3H3;/q+1;-1. The second-order valence-corrected chi connectivity index (χ2v) is 7.49. The Labute approximate surface area is 151 Å². The van der Waals surface area contributed by atoms with Gasteiger partial charge in [-0.05, 0) is 12.8 Å². The molecule has 0 spiro atoms. The zero-order chi connectivity index (χ0) is 18.1. The van der Waals surface area contributed by atoms with Gasteiger partial charge in [-0.25, -0.2) is 0 Å². The van der Waals surface area contributed by atoms with E-state index in [0.717, 1.165) is 11.0 Å². The van der Waals surface area contributed by atoms with Crippen molar-refractivity contribution in [1.82, 2.24) is 0 Å². The molecular weight excluding hydrogens is 292 g/mol. The van der Waals surface area contributed by atoms with Gasteiger partial charge in [0.15, 0.2) is 0 Å². The van der Waals surface area contributed by atoms with Crippen molar-refractivity contribution < 1.29 is 4.48 Å². The van der Waals surface area contributed by atoms with Crippen LogP contribution in [0.1, 0.15) is 76.7 Å². The second kappa shape index (κ2) is 15.2. The van der Waals surface area contributed by atoms with Crippen LogP contribution in [0.5, 0.6) is 0 Å². The van der Waals surface area contributed by atoms with E-state index in [4.69, 9.17) is 11.8 Å². The van der Waals surface area contributed by atoms with Gasteiger partial charge in [-0.1, -0.05) is 88.6 Å². The van der Waals surface area contributed by atoms with E-state index >= 15 is 0 Å². The van der Waals surface area contributed by atoms with Crippen LogP contribution in [-0.4, -0.2) is 25.1 Å². The van der Waals surface area contributed by atoms with E-state index in [-0.39, 0.29) is 0 Å². The van der Waals surface area contributed by atoms with Gasteiger partial charge >= 0.3 is 0 Å². The van der Waals surface area contributed by atoms with Crippen LogP contribution >= 0.6 is 0 Å². The minimum absolute atomic E-state index is 1.11. The molecular formula is C22H38N2. The largest absolute Gasteiger partial charge is 0.512 e. The number of benzene rings is 1. The molecule has 0 aliphatic rings. The van der Waals surface area contributed by atoms with Gasteiger partial charge in [0, 0.05) is 5.56 Å². The average molecular weight is 331 g/mol. The van der Waals surface area contributed by atoms with E-state index in [1.165, 1.54) is 76.3 Å². The first kappa shape index (κ1) is 22.7. The van der Waals surface area contributed by atoms with Crippen LogP contribution in [0.3, 0.4) is 0 Å². The summed E-state index contributed by atoms with van der Waals surface area (Å²) in [6, 6.07) is 10.9. The van der Waals surface area contributed by atoms with Crippen molar-refractivity contribution in [3.63, 3.8) is 0 Å². The minimum atomic E-state index is 1.11. The quantitative estimate of drug-likeness (QED) is 0.237. The van der Waals surface area contributed by atoms with Gasteiger partial charge in [-0.2, -0.15) is 0 Å². The lowest BCUT2D eigenvalue weighted by molar-refractivity contribution is -0.903. The van der Waals surface area contributed by atoms with Crippen LogP contribution in [0.2, 0.25) is 0 Å². The second-order valence-electron chi connectivity index (χ2n) is 7.49. The highest BCUT2D eigenvalue weighted by molar-refractivity contribution is 5.13. The minimum Gasteiger partial charge on any atom is -0.512 e. The summed E-state index contributed by atoms with van der Waals surface area (Å²) < 4.78 is 1.11. The first-order chi connectivity index (χ1) is 11.6. The maximum absolute atomic E-state index is 6.25. The monoisotopic (exact) mass is 330 g/mol. The van der Waals surface area contributed by atoms with Crippen molar-refractivity contribution >= 4 is 0 Å². The molecule has 0 aromatic heterocycles. The van der Waals surface area contributed by atoms with Crippen LogP contribution in [0.4, 0.5) is 0 Å². The highest BCUT2D eigenvalue weighted by Gasteiger charge is 2.14. The Balaban J connectivity index is 0.00000254. The summed E-state index contributed by atoms with van der Waals surface area (Å²) in [6.07, 6.45) is 14.2. The van der Waals surface area contributed by atoms with Gasteiger partial charge in [0.25, 0.3) is 0 Å². The predicted octanol–water partition coefficient (Wildman–Crippen LogP) is 6.28. The van der Waals surface area contributed by atoms with E-state index in [0.29, 0.717) is 0 Å². The number of hydrogen-bond donors (Lipinski definition) is 0.